The molecule has 0 radical (unpaired) electrons. The molecule has 0 aliphatic heterocycles. The van der Waals surface area contributed by atoms with Crippen LogP contribution in [0.4, 0.5) is 5.82 Å². The maximum atomic E-state index is 12.6. The van der Waals surface area contributed by atoms with Crippen LogP contribution >= 0.6 is 0 Å². The molecule has 2 aromatic heterocycles. The third-order valence-electron chi connectivity index (χ3n) is 4.90. The predicted octanol–water partition coefficient (Wildman–Crippen LogP) is 3.27. The van der Waals surface area contributed by atoms with E-state index >= 15 is 0 Å². The Morgan fingerprint density at radius 2 is 1.83 bits per heavy atom. The fourth-order valence-corrected chi connectivity index (χ4v) is 3.19. The lowest BCUT2D eigenvalue weighted by molar-refractivity contribution is 0.0957. The van der Waals surface area contributed by atoms with Crippen LogP contribution in [0.3, 0.4) is 0 Å². The number of hydrogen-bond acceptors (Lipinski definition) is 5. The SMILES string of the molecule is Cc1ncn(-c2cc(NCCNC(=O)c3cccc4ccccc34)ncn2)c1C. The number of nitrogens with zero attached hydrogens (tertiary/aromatic N) is 4. The topological polar surface area (TPSA) is 84.7 Å². The quantitative estimate of drug-likeness (QED) is 0.497. The van der Waals surface area contributed by atoms with Crippen molar-refractivity contribution < 1.29 is 4.79 Å². The Morgan fingerprint density at radius 1 is 1.00 bits per heavy atom. The summed E-state index contributed by atoms with van der Waals surface area (Å²) in [5.41, 5.74) is 2.68. The van der Waals surface area contributed by atoms with Crippen LogP contribution in [-0.4, -0.2) is 38.5 Å². The third-order valence-corrected chi connectivity index (χ3v) is 4.90. The Hall–Kier alpha value is -3.74. The lowest BCUT2D eigenvalue weighted by Gasteiger charge is -2.10. The van der Waals surface area contributed by atoms with Crippen molar-refractivity contribution in [3.63, 3.8) is 0 Å². The summed E-state index contributed by atoms with van der Waals surface area (Å²) < 4.78 is 1.92. The van der Waals surface area contributed by atoms with Crippen LogP contribution in [0.1, 0.15) is 21.7 Å². The van der Waals surface area contributed by atoms with E-state index in [4.69, 9.17) is 0 Å². The van der Waals surface area contributed by atoms with Crippen LogP contribution in [-0.2, 0) is 0 Å². The first-order chi connectivity index (χ1) is 14.1. The third kappa shape index (κ3) is 3.94. The molecule has 2 N–H and O–H groups in total. The summed E-state index contributed by atoms with van der Waals surface area (Å²) in [6.07, 6.45) is 3.27. The highest BCUT2D eigenvalue weighted by molar-refractivity contribution is 6.06. The molecule has 0 spiro atoms. The second-order valence-electron chi connectivity index (χ2n) is 6.76. The van der Waals surface area contributed by atoms with Gasteiger partial charge in [0, 0.05) is 30.4 Å². The number of nitrogens with one attached hydrogen (secondary N) is 2. The molecule has 0 saturated heterocycles. The molecular weight excluding hydrogens is 364 g/mol. The normalized spacial score (nSPS) is 10.8. The van der Waals surface area contributed by atoms with Crippen LogP contribution in [0, 0.1) is 13.8 Å². The average Bonchev–Trinajstić information content (AvgIpc) is 3.09. The van der Waals surface area contributed by atoms with E-state index in [9.17, 15) is 4.79 Å². The van der Waals surface area contributed by atoms with E-state index in [0.29, 0.717) is 24.5 Å². The number of hydrogen-bond donors (Lipinski definition) is 2. The molecule has 4 rings (SSSR count). The molecular formula is C22H22N6O. The van der Waals surface area contributed by atoms with Gasteiger partial charge in [0.1, 0.15) is 24.3 Å². The Balaban J connectivity index is 1.37. The molecule has 29 heavy (non-hydrogen) atoms. The van der Waals surface area contributed by atoms with Gasteiger partial charge in [0.25, 0.3) is 5.91 Å². The van der Waals surface area contributed by atoms with Crippen molar-refractivity contribution in [1.82, 2.24) is 24.8 Å². The van der Waals surface area contributed by atoms with E-state index in [0.717, 1.165) is 28.0 Å². The summed E-state index contributed by atoms with van der Waals surface area (Å²) in [4.78, 5) is 25.4. The summed E-state index contributed by atoms with van der Waals surface area (Å²) in [7, 11) is 0. The van der Waals surface area contributed by atoms with Gasteiger partial charge in [-0.15, -0.1) is 0 Å². The Morgan fingerprint density at radius 3 is 2.66 bits per heavy atom. The van der Waals surface area contributed by atoms with Crippen molar-refractivity contribution in [2.75, 3.05) is 18.4 Å². The molecule has 7 heteroatoms. The van der Waals surface area contributed by atoms with Gasteiger partial charge in [-0.05, 0) is 30.7 Å². The van der Waals surface area contributed by atoms with E-state index < -0.39 is 0 Å². The number of aryl methyl sites for hydroxylation is 1. The number of benzene rings is 2. The number of carbonyl (C=O) groups is 1. The van der Waals surface area contributed by atoms with Gasteiger partial charge in [0.05, 0.1) is 5.69 Å². The average molecular weight is 386 g/mol. The van der Waals surface area contributed by atoms with Gasteiger partial charge >= 0.3 is 0 Å². The Bertz CT molecular complexity index is 1160. The van der Waals surface area contributed by atoms with Crippen LogP contribution in [0.2, 0.25) is 0 Å². The zero-order chi connectivity index (χ0) is 20.2. The van der Waals surface area contributed by atoms with Crippen molar-refractivity contribution in [2.45, 2.75) is 13.8 Å². The number of rotatable bonds is 6. The maximum absolute atomic E-state index is 12.6. The highest BCUT2D eigenvalue weighted by Gasteiger charge is 2.09. The first-order valence-electron chi connectivity index (χ1n) is 9.46. The molecule has 2 heterocycles. The van der Waals surface area contributed by atoms with Gasteiger partial charge in [0.2, 0.25) is 0 Å². The minimum absolute atomic E-state index is 0.0866. The first kappa shape index (κ1) is 18.6. The molecule has 146 valence electrons. The second kappa shape index (κ2) is 8.10. The monoisotopic (exact) mass is 386 g/mol. The van der Waals surface area contributed by atoms with Gasteiger partial charge in [-0.1, -0.05) is 36.4 Å². The molecule has 2 aromatic carbocycles. The van der Waals surface area contributed by atoms with Crippen molar-refractivity contribution in [3.8, 4) is 5.82 Å². The lowest BCUT2D eigenvalue weighted by atomic mass is 10.0. The minimum Gasteiger partial charge on any atom is -0.368 e. The first-order valence-corrected chi connectivity index (χ1v) is 9.46. The summed E-state index contributed by atoms with van der Waals surface area (Å²) in [6, 6.07) is 15.5. The van der Waals surface area contributed by atoms with Crippen LogP contribution in [0.5, 0.6) is 0 Å². The number of anilines is 1. The smallest absolute Gasteiger partial charge is 0.251 e. The van der Waals surface area contributed by atoms with Gasteiger partial charge < -0.3 is 10.6 Å². The molecule has 0 bridgehead atoms. The highest BCUT2D eigenvalue weighted by atomic mass is 16.1. The fourth-order valence-electron chi connectivity index (χ4n) is 3.19. The van der Waals surface area contributed by atoms with Gasteiger partial charge in [-0.25, -0.2) is 15.0 Å². The van der Waals surface area contributed by atoms with Crippen molar-refractivity contribution in [2.24, 2.45) is 0 Å². The zero-order valence-electron chi connectivity index (χ0n) is 16.4. The molecule has 0 aliphatic carbocycles. The number of aromatic nitrogens is 4. The number of imidazole rings is 1. The van der Waals surface area contributed by atoms with Gasteiger partial charge in [-0.3, -0.25) is 9.36 Å². The standard InChI is InChI=1S/C22H22N6O/c1-15-16(2)28(14-27-15)21-12-20(25-13-26-21)23-10-11-24-22(29)19-9-5-7-17-6-3-4-8-18(17)19/h3-9,12-14H,10-11H2,1-2H3,(H,24,29)(H,23,25,26). The van der Waals surface area contributed by atoms with E-state index in [1.54, 1.807) is 6.33 Å². The minimum atomic E-state index is -0.0866. The Kier molecular flexibility index (Phi) is 5.20. The Labute approximate surface area is 168 Å². The maximum Gasteiger partial charge on any atom is 0.251 e. The summed E-state index contributed by atoms with van der Waals surface area (Å²) in [5, 5.41) is 8.19. The molecule has 0 fully saturated rings. The number of carbonyl (C=O) groups excluding carboxylic acids is 1. The molecule has 1 amide bonds. The van der Waals surface area contributed by atoms with Crippen molar-refractivity contribution in [1.29, 1.82) is 0 Å². The van der Waals surface area contributed by atoms with Crippen LogP contribution in [0.15, 0.2) is 61.2 Å². The number of fused-ring (bicyclic) bond motifs is 1. The molecule has 4 aromatic rings. The van der Waals surface area contributed by atoms with Gasteiger partial charge in [0.15, 0.2) is 0 Å². The molecule has 0 atom stereocenters. The van der Waals surface area contributed by atoms with E-state index in [-0.39, 0.29) is 5.91 Å². The van der Waals surface area contributed by atoms with Crippen molar-refractivity contribution in [3.05, 3.63) is 78.1 Å². The summed E-state index contributed by atoms with van der Waals surface area (Å²) in [5.74, 6) is 1.36. The number of amides is 1. The second-order valence-corrected chi connectivity index (χ2v) is 6.76. The predicted molar refractivity (Wildman–Crippen MR) is 113 cm³/mol. The van der Waals surface area contributed by atoms with Crippen LogP contribution < -0.4 is 10.6 Å². The van der Waals surface area contributed by atoms with E-state index in [2.05, 4.69) is 25.6 Å². The fraction of sp³-hybridized carbons (Fsp3) is 0.182. The van der Waals surface area contributed by atoms with E-state index in [1.807, 2.05) is 66.9 Å². The molecule has 0 aliphatic rings. The van der Waals surface area contributed by atoms with Gasteiger partial charge in [-0.2, -0.15) is 0 Å². The highest BCUT2D eigenvalue weighted by Crippen LogP contribution is 2.18. The molecule has 0 unspecified atom stereocenters. The largest absolute Gasteiger partial charge is 0.368 e. The zero-order valence-corrected chi connectivity index (χ0v) is 16.4. The summed E-state index contributed by atoms with van der Waals surface area (Å²) >= 11 is 0. The lowest BCUT2D eigenvalue weighted by Crippen LogP contribution is -2.29. The molecule has 7 nitrogen and oxygen atoms in total. The van der Waals surface area contributed by atoms with Crippen LogP contribution in [0.25, 0.3) is 16.6 Å². The van der Waals surface area contributed by atoms with Crippen molar-refractivity contribution >= 4 is 22.5 Å². The summed E-state index contributed by atoms with van der Waals surface area (Å²) in [6.45, 7) is 4.99. The molecule has 0 saturated carbocycles. The van der Waals surface area contributed by atoms with E-state index in [1.165, 1.54) is 6.33 Å².